The molecule has 1 aromatic heterocycles. The monoisotopic (exact) mass is 446 g/mol. The van der Waals surface area contributed by atoms with Crippen LogP contribution in [0, 0.1) is 0 Å². The van der Waals surface area contributed by atoms with Crippen LogP contribution in [0.2, 0.25) is 0 Å². The summed E-state index contributed by atoms with van der Waals surface area (Å²) in [5, 5.41) is 3.08. The van der Waals surface area contributed by atoms with Crippen molar-refractivity contribution in [3.63, 3.8) is 0 Å². The standard InChI is InChI=1S/C20H18N2O6S2/c1-26-15-9-12(10-16-19(15)28-8-7-27-16)3-6-18(23)22-20-21-14-5-4-13(30(2,24)25)11-17(14)29-20/h3-6,9-11H,7-8H2,1-2H3,(H,21,22,23)/b6-3+. The Balaban J connectivity index is 1.51. The summed E-state index contributed by atoms with van der Waals surface area (Å²) in [7, 11) is -1.77. The Labute approximate surface area is 177 Å². The van der Waals surface area contributed by atoms with Gasteiger partial charge in [0.25, 0.3) is 0 Å². The van der Waals surface area contributed by atoms with Gasteiger partial charge in [-0.2, -0.15) is 0 Å². The predicted molar refractivity (Wildman–Crippen MR) is 114 cm³/mol. The first-order valence-corrected chi connectivity index (χ1v) is 11.6. The summed E-state index contributed by atoms with van der Waals surface area (Å²) >= 11 is 1.20. The number of anilines is 1. The number of fused-ring (bicyclic) bond motifs is 2. The second kappa shape index (κ2) is 7.96. The minimum atomic E-state index is -3.31. The van der Waals surface area contributed by atoms with Crippen molar-refractivity contribution in [2.24, 2.45) is 0 Å². The van der Waals surface area contributed by atoms with Crippen LogP contribution in [-0.4, -0.2) is 45.9 Å². The molecule has 0 aliphatic carbocycles. The number of ether oxygens (including phenoxy) is 3. The van der Waals surface area contributed by atoms with Crippen LogP contribution in [0.5, 0.6) is 17.2 Å². The van der Waals surface area contributed by atoms with Crippen LogP contribution in [0.1, 0.15) is 5.56 Å². The highest BCUT2D eigenvalue weighted by Gasteiger charge is 2.18. The number of nitrogens with one attached hydrogen (secondary N) is 1. The third-order valence-corrected chi connectivity index (χ3v) is 6.34. The number of carbonyl (C=O) groups is 1. The quantitative estimate of drug-likeness (QED) is 0.601. The molecule has 10 heteroatoms. The largest absolute Gasteiger partial charge is 0.493 e. The fourth-order valence-corrected chi connectivity index (χ4v) is 4.53. The van der Waals surface area contributed by atoms with Crippen molar-refractivity contribution in [1.29, 1.82) is 0 Å². The average Bonchev–Trinajstić information content (AvgIpc) is 3.12. The Hall–Kier alpha value is -3.11. The lowest BCUT2D eigenvalue weighted by molar-refractivity contribution is -0.111. The Bertz CT molecular complexity index is 1250. The molecule has 0 radical (unpaired) electrons. The molecule has 0 bridgehead atoms. The number of methoxy groups -OCH3 is 1. The molecule has 3 aromatic rings. The van der Waals surface area contributed by atoms with E-state index >= 15 is 0 Å². The number of sulfone groups is 1. The van der Waals surface area contributed by atoms with Crippen molar-refractivity contribution >= 4 is 48.5 Å². The van der Waals surface area contributed by atoms with Crippen LogP contribution < -0.4 is 19.5 Å². The second-order valence-electron chi connectivity index (χ2n) is 6.49. The van der Waals surface area contributed by atoms with E-state index in [1.165, 1.54) is 30.6 Å². The fourth-order valence-electron chi connectivity index (χ4n) is 2.90. The maximum Gasteiger partial charge on any atom is 0.250 e. The number of hydrogen-bond donors (Lipinski definition) is 1. The van der Waals surface area contributed by atoms with E-state index in [4.69, 9.17) is 14.2 Å². The second-order valence-corrected chi connectivity index (χ2v) is 9.54. The van der Waals surface area contributed by atoms with Crippen molar-refractivity contribution < 1.29 is 27.4 Å². The van der Waals surface area contributed by atoms with Gasteiger partial charge in [0.2, 0.25) is 11.7 Å². The summed E-state index contributed by atoms with van der Waals surface area (Å²) in [6, 6.07) is 8.19. The van der Waals surface area contributed by atoms with Gasteiger partial charge in [0.1, 0.15) is 13.2 Å². The first kappa shape index (κ1) is 20.2. The molecule has 156 valence electrons. The zero-order valence-corrected chi connectivity index (χ0v) is 17.8. The fraction of sp³-hybridized carbons (Fsp3) is 0.200. The molecule has 1 aliphatic heterocycles. The van der Waals surface area contributed by atoms with Crippen LogP contribution >= 0.6 is 11.3 Å². The number of nitrogens with zero attached hydrogens (tertiary/aromatic N) is 1. The van der Waals surface area contributed by atoms with Crippen molar-refractivity contribution in [2.45, 2.75) is 4.90 Å². The average molecular weight is 447 g/mol. The highest BCUT2D eigenvalue weighted by atomic mass is 32.2. The van der Waals surface area contributed by atoms with Crippen LogP contribution in [0.25, 0.3) is 16.3 Å². The molecule has 2 aromatic carbocycles. The molecule has 2 heterocycles. The zero-order chi connectivity index (χ0) is 21.3. The molecule has 1 aliphatic rings. The molecule has 0 unspecified atom stereocenters. The number of thiazole rings is 1. The van der Waals surface area contributed by atoms with Crippen LogP contribution in [0.15, 0.2) is 41.3 Å². The van der Waals surface area contributed by atoms with Gasteiger partial charge in [-0.15, -0.1) is 0 Å². The van der Waals surface area contributed by atoms with Crippen LogP contribution in [-0.2, 0) is 14.6 Å². The molecule has 1 amide bonds. The number of rotatable bonds is 5. The highest BCUT2D eigenvalue weighted by Crippen LogP contribution is 2.40. The Morgan fingerprint density at radius 1 is 1.23 bits per heavy atom. The smallest absolute Gasteiger partial charge is 0.250 e. The lowest BCUT2D eigenvalue weighted by Crippen LogP contribution is -2.16. The minimum Gasteiger partial charge on any atom is -0.493 e. The van der Waals surface area contributed by atoms with Crippen molar-refractivity contribution in [1.82, 2.24) is 4.98 Å². The van der Waals surface area contributed by atoms with Gasteiger partial charge < -0.3 is 14.2 Å². The summed E-state index contributed by atoms with van der Waals surface area (Å²) < 4.78 is 40.6. The third-order valence-electron chi connectivity index (χ3n) is 4.30. The number of hydrogen-bond acceptors (Lipinski definition) is 8. The number of carbonyl (C=O) groups excluding carboxylic acids is 1. The molecule has 1 N–H and O–H groups in total. The summed E-state index contributed by atoms with van der Waals surface area (Å²) in [4.78, 5) is 16.8. The van der Waals surface area contributed by atoms with Crippen molar-refractivity contribution in [3.05, 3.63) is 42.0 Å². The van der Waals surface area contributed by atoms with E-state index in [1.807, 2.05) is 0 Å². The van der Waals surface area contributed by atoms with E-state index < -0.39 is 9.84 Å². The van der Waals surface area contributed by atoms with Gasteiger partial charge in [-0.25, -0.2) is 13.4 Å². The number of amides is 1. The summed E-state index contributed by atoms with van der Waals surface area (Å²) in [5.74, 6) is 1.27. The molecule has 0 saturated carbocycles. The molecule has 0 spiro atoms. The number of benzene rings is 2. The lowest BCUT2D eigenvalue weighted by Gasteiger charge is -2.20. The molecule has 30 heavy (non-hydrogen) atoms. The third kappa shape index (κ3) is 4.24. The van der Waals surface area contributed by atoms with E-state index in [0.717, 1.165) is 6.26 Å². The predicted octanol–water partition coefficient (Wildman–Crippen LogP) is 3.13. The maximum absolute atomic E-state index is 12.3. The van der Waals surface area contributed by atoms with Crippen LogP contribution in [0.3, 0.4) is 0 Å². The van der Waals surface area contributed by atoms with Crippen molar-refractivity contribution in [3.8, 4) is 17.2 Å². The Kier molecular flexibility index (Phi) is 5.35. The van der Waals surface area contributed by atoms with Gasteiger partial charge in [0.15, 0.2) is 26.5 Å². The molecule has 8 nitrogen and oxygen atoms in total. The van der Waals surface area contributed by atoms with Gasteiger partial charge in [0, 0.05) is 12.3 Å². The van der Waals surface area contributed by atoms with E-state index in [1.54, 1.807) is 30.3 Å². The van der Waals surface area contributed by atoms with Gasteiger partial charge in [-0.1, -0.05) is 11.3 Å². The first-order valence-electron chi connectivity index (χ1n) is 8.91. The van der Waals surface area contributed by atoms with Gasteiger partial charge in [0.05, 0.1) is 22.2 Å². The molecule has 0 fully saturated rings. The Morgan fingerprint density at radius 2 is 2.03 bits per heavy atom. The molecular formula is C20H18N2O6S2. The molecule has 0 saturated heterocycles. The van der Waals surface area contributed by atoms with Gasteiger partial charge in [-0.05, 0) is 42.0 Å². The minimum absolute atomic E-state index is 0.212. The summed E-state index contributed by atoms with van der Waals surface area (Å²) in [5.41, 5.74) is 1.33. The lowest BCUT2D eigenvalue weighted by atomic mass is 10.1. The Morgan fingerprint density at radius 3 is 2.80 bits per heavy atom. The van der Waals surface area contributed by atoms with E-state index in [0.29, 0.717) is 51.4 Å². The van der Waals surface area contributed by atoms with E-state index in [9.17, 15) is 13.2 Å². The number of aromatic nitrogens is 1. The normalized spacial score (nSPS) is 13.5. The maximum atomic E-state index is 12.3. The highest BCUT2D eigenvalue weighted by molar-refractivity contribution is 7.90. The van der Waals surface area contributed by atoms with Crippen LogP contribution in [0.4, 0.5) is 5.13 Å². The zero-order valence-electron chi connectivity index (χ0n) is 16.2. The van der Waals surface area contributed by atoms with Crippen molar-refractivity contribution in [2.75, 3.05) is 31.9 Å². The molecular weight excluding hydrogens is 428 g/mol. The SMILES string of the molecule is COc1cc(/C=C/C(=O)Nc2nc3ccc(S(C)(=O)=O)cc3s2)cc2c1OCCO2. The van der Waals surface area contributed by atoms with Gasteiger partial charge >= 0.3 is 0 Å². The summed E-state index contributed by atoms with van der Waals surface area (Å²) in [6.45, 7) is 0.900. The first-order chi connectivity index (χ1) is 14.3. The van der Waals surface area contributed by atoms with Gasteiger partial charge in [-0.3, -0.25) is 10.1 Å². The molecule has 0 atom stereocenters. The molecule has 4 rings (SSSR count). The summed E-state index contributed by atoms with van der Waals surface area (Å²) in [6.07, 6.45) is 4.15. The van der Waals surface area contributed by atoms with E-state index in [-0.39, 0.29) is 10.8 Å². The topological polar surface area (TPSA) is 104 Å². The van der Waals surface area contributed by atoms with E-state index in [2.05, 4.69) is 10.3 Å².